The maximum atomic E-state index is 11.6. The van der Waals surface area contributed by atoms with Crippen LogP contribution in [-0.4, -0.2) is 37.9 Å². The molecule has 1 aliphatic rings. The highest BCUT2D eigenvalue weighted by Gasteiger charge is 2.36. The average molecular weight is 426 g/mol. The molecule has 0 spiro atoms. The third-order valence-corrected chi connectivity index (χ3v) is 5.81. The summed E-state index contributed by atoms with van der Waals surface area (Å²) < 4.78 is 10.6. The van der Waals surface area contributed by atoms with E-state index in [2.05, 4.69) is 27.0 Å². The van der Waals surface area contributed by atoms with Crippen molar-refractivity contribution in [2.45, 2.75) is 32.0 Å². The van der Waals surface area contributed by atoms with Crippen molar-refractivity contribution < 1.29 is 24.3 Å². The SMILES string of the molecule is Cc1nc([C@](C)(O)C#Cc2ccc3c(c2)-c2nc(C(N)=O)sc2[C@](C)(O)CO3)no1. The van der Waals surface area contributed by atoms with Gasteiger partial charge < -0.3 is 25.2 Å². The lowest BCUT2D eigenvalue weighted by molar-refractivity contribution is 0.0132. The van der Waals surface area contributed by atoms with Gasteiger partial charge in [0.05, 0.1) is 10.6 Å². The predicted octanol–water partition coefficient (Wildman–Crippen LogP) is 1.46. The van der Waals surface area contributed by atoms with E-state index in [0.717, 1.165) is 11.3 Å². The van der Waals surface area contributed by atoms with Crippen LogP contribution < -0.4 is 10.5 Å². The molecule has 4 rings (SSSR count). The van der Waals surface area contributed by atoms with Gasteiger partial charge in [0.1, 0.15) is 18.0 Å². The minimum atomic E-state index is -1.62. The Balaban J connectivity index is 1.78. The van der Waals surface area contributed by atoms with Crippen molar-refractivity contribution in [3.05, 3.63) is 45.4 Å². The van der Waals surface area contributed by atoms with E-state index in [1.165, 1.54) is 6.92 Å². The quantitative estimate of drug-likeness (QED) is 0.522. The van der Waals surface area contributed by atoms with Gasteiger partial charge in [-0.25, -0.2) is 4.98 Å². The van der Waals surface area contributed by atoms with Gasteiger partial charge in [0, 0.05) is 18.1 Å². The van der Waals surface area contributed by atoms with Crippen LogP contribution in [0.5, 0.6) is 5.75 Å². The number of amides is 1. The van der Waals surface area contributed by atoms with Crippen LogP contribution in [0.4, 0.5) is 0 Å². The summed E-state index contributed by atoms with van der Waals surface area (Å²) in [5.41, 5.74) is 3.96. The van der Waals surface area contributed by atoms with Crippen LogP contribution in [0, 0.1) is 18.8 Å². The molecule has 3 heterocycles. The molecule has 2 atom stereocenters. The van der Waals surface area contributed by atoms with Crippen LogP contribution in [0.1, 0.15) is 45.8 Å². The smallest absolute Gasteiger partial charge is 0.277 e. The number of rotatable bonds is 2. The monoisotopic (exact) mass is 426 g/mol. The van der Waals surface area contributed by atoms with E-state index in [4.69, 9.17) is 15.0 Å². The molecule has 4 N–H and O–H groups in total. The molecule has 2 aromatic heterocycles. The Hall–Kier alpha value is -3.26. The van der Waals surface area contributed by atoms with Crippen molar-refractivity contribution in [2.24, 2.45) is 5.73 Å². The molecule has 30 heavy (non-hydrogen) atoms. The van der Waals surface area contributed by atoms with Crippen LogP contribution in [0.2, 0.25) is 0 Å². The van der Waals surface area contributed by atoms with Crippen molar-refractivity contribution in [3.8, 4) is 28.8 Å². The Morgan fingerprint density at radius 1 is 1.40 bits per heavy atom. The van der Waals surface area contributed by atoms with Crippen molar-refractivity contribution in [1.82, 2.24) is 15.1 Å². The minimum absolute atomic E-state index is 0.00961. The highest BCUT2D eigenvalue weighted by molar-refractivity contribution is 7.14. The van der Waals surface area contributed by atoms with Gasteiger partial charge in [0.25, 0.3) is 5.91 Å². The second-order valence-corrected chi connectivity index (χ2v) is 8.29. The first-order chi connectivity index (χ1) is 14.1. The number of fused-ring (bicyclic) bond motifs is 3. The zero-order valence-electron chi connectivity index (χ0n) is 16.4. The second kappa shape index (κ2) is 6.91. The van der Waals surface area contributed by atoms with Crippen molar-refractivity contribution in [1.29, 1.82) is 0 Å². The summed E-state index contributed by atoms with van der Waals surface area (Å²) in [7, 11) is 0. The van der Waals surface area contributed by atoms with Crippen LogP contribution >= 0.6 is 11.3 Å². The molecule has 3 aromatic rings. The Labute approximate surface area is 175 Å². The highest BCUT2D eigenvalue weighted by Crippen LogP contribution is 2.43. The second-order valence-electron chi connectivity index (χ2n) is 7.29. The molecule has 0 aliphatic carbocycles. The number of hydrogen-bond acceptors (Lipinski definition) is 9. The number of nitrogens with zero attached hydrogens (tertiary/aromatic N) is 3. The van der Waals surface area contributed by atoms with Gasteiger partial charge in [0.15, 0.2) is 10.6 Å². The van der Waals surface area contributed by atoms with E-state index >= 15 is 0 Å². The molecule has 0 radical (unpaired) electrons. The van der Waals surface area contributed by atoms with E-state index in [0.29, 0.717) is 33.3 Å². The normalized spacial score (nSPS) is 19.4. The van der Waals surface area contributed by atoms with Gasteiger partial charge in [-0.2, -0.15) is 4.98 Å². The van der Waals surface area contributed by atoms with E-state index in [9.17, 15) is 15.0 Å². The maximum Gasteiger partial charge on any atom is 0.277 e. The van der Waals surface area contributed by atoms with Crippen LogP contribution in [0.3, 0.4) is 0 Å². The van der Waals surface area contributed by atoms with Gasteiger partial charge in [0.2, 0.25) is 11.7 Å². The van der Waals surface area contributed by atoms with Crippen LogP contribution in [0.25, 0.3) is 11.3 Å². The first kappa shape index (κ1) is 20.0. The molecule has 0 fully saturated rings. The molecule has 1 aliphatic heterocycles. The molecule has 9 nitrogen and oxygen atoms in total. The summed E-state index contributed by atoms with van der Waals surface area (Å²) in [6.45, 7) is 4.66. The number of aromatic nitrogens is 3. The highest BCUT2D eigenvalue weighted by atomic mass is 32.1. The average Bonchev–Trinajstić information content (AvgIpc) is 3.30. The number of aliphatic hydroxyl groups is 2. The predicted molar refractivity (Wildman–Crippen MR) is 107 cm³/mol. The summed E-state index contributed by atoms with van der Waals surface area (Å²) in [4.78, 5) is 20.4. The number of ether oxygens (including phenoxy) is 1. The van der Waals surface area contributed by atoms with Crippen molar-refractivity contribution in [3.63, 3.8) is 0 Å². The molecule has 0 saturated carbocycles. The molecule has 10 heteroatoms. The zero-order chi connectivity index (χ0) is 21.7. The fraction of sp³-hybridized carbons (Fsp3) is 0.300. The maximum absolute atomic E-state index is 11.6. The molecule has 154 valence electrons. The molecule has 0 saturated heterocycles. The Morgan fingerprint density at radius 3 is 2.83 bits per heavy atom. The minimum Gasteiger partial charge on any atom is -0.489 e. The van der Waals surface area contributed by atoms with Gasteiger partial charge in [-0.05, 0) is 32.0 Å². The zero-order valence-corrected chi connectivity index (χ0v) is 17.2. The number of aryl methyl sites for hydroxylation is 1. The summed E-state index contributed by atoms with van der Waals surface area (Å²) in [5.74, 6) is 5.82. The molecular weight excluding hydrogens is 408 g/mol. The molecule has 1 amide bonds. The lowest BCUT2D eigenvalue weighted by Gasteiger charge is -2.19. The third kappa shape index (κ3) is 3.54. The van der Waals surface area contributed by atoms with Crippen LogP contribution in [0.15, 0.2) is 22.7 Å². The summed E-state index contributed by atoms with van der Waals surface area (Å²) in [6, 6.07) is 5.12. The Bertz CT molecular complexity index is 1220. The van der Waals surface area contributed by atoms with Crippen molar-refractivity contribution >= 4 is 17.2 Å². The van der Waals surface area contributed by atoms with E-state index in [1.54, 1.807) is 32.0 Å². The number of primary amides is 1. The Kier molecular flexibility index (Phi) is 4.62. The van der Waals surface area contributed by atoms with E-state index in [1.807, 2.05) is 0 Å². The first-order valence-corrected chi connectivity index (χ1v) is 9.75. The summed E-state index contributed by atoms with van der Waals surface area (Å²) in [6.07, 6.45) is 0. The van der Waals surface area contributed by atoms with Crippen molar-refractivity contribution in [2.75, 3.05) is 6.61 Å². The largest absolute Gasteiger partial charge is 0.489 e. The standard InChI is InChI=1S/C20H18N4O5S/c1-10-22-18(24-29-10)19(2,26)7-6-11-4-5-13-12(8-11)14-15(20(3,27)9-28-13)30-17(23-14)16(21)25/h4-5,8,26-27H,9H2,1-3H3,(H2,21,25)/t19-,20-/m1/s1. The number of benzene rings is 1. The first-order valence-electron chi connectivity index (χ1n) is 8.94. The third-order valence-electron chi connectivity index (χ3n) is 4.48. The Morgan fingerprint density at radius 2 is 2.17 bits per heavy atom. The van der Waals surface area contributed by atoms with E-state index in [-0.39, 0.29) is 17.4 Å². The number of hydrogen-bond donors (Lipinski definition) is 3. The van der Waals surface area contributed by atoms with Gasteiger partial charge in [-0.15, -0.1) is 11.3 Å². The number of carbonyl (C=O) groups is 1. The molecule has 1 aromatic carbocycles. The fourth-order valence-corrected chi connectivity index (χ4v) is 3.88. The topological polar surface area (TPSA) is 145 Å². The number of thiazole rings is 1. The number of carbonyl (C=O) groups excluding carboxylic acids is 1. The molecule has 0 unspecified atom stereocenters. The van der Waals surface area contributed by atoms with E-state index < -0.39 is 17.1 Å². The fourth-order valence-electron chi connectivity index (χ4n) is 2.92. The lowest BCUT2D eigenvalue weighted by Crippen LogP contribution is -2.27. The summed E-state index contributed by atoms with van der Waals surface area (Å²) in [5, 5.41) is 25.2. The van der Waals surface area contributed by atoms with Gasteiger partial charge in [-0.1, -0.05) is 17.0 Å². The molecule has 0 bridgehead atoms. The van der Waals surface area contributed by atoms with Gasteiger partial charge in [-0.3, -0.25) is 4.79 Å². The molecular formula is C20H18N4O5S. The lowest BCUT2D eigenvalue weighted by atomic mass is 10.00. The number of nitrogens with two attached hydrogens (primary N) is 1. The van der Waals surface area contributed by atoms with Gasteiger partial charge >= 0.3 is 0 Å². The summed E-state index contributed by atoms with van der Waals surface area (Å²) >= 11 is 1.03. The van der Waals surface area contributed by atoms with Crippen LogP contribution in [-0.2, 0) is 11.2 Å².